The van der Waals surface area contributed by atoms with E-state index in [0.29, 0.717) is 18.0 Å². The minimum Gasteiger partial charge on any atom is -0.484 e. The van der Waals surface area contributed by atoms with Crippen LogP contribution in [-0.2, 0) is 26.1 Å². The van der Waals surface area contributed by atoms with E-state index in [0.717, 1.165) is 33.5 Å². The molecule has 3 aromatic rings. The number of sulfone groups is 1. The summed E-state index contributed by atoms with van der Waals surface area (Å²) >= 11 is 1.74. The molecule has 0 saturated carbocycles. The number of hydrogen-bond acceptors (Lipinski definition) is 6. The lowest BCUT2D eigenvalue weighted by molar-refractivity contribution is -0.118. The lowest BCUT2D eigenvalue weighted by Gasteiger charge is -2.15. The van der Waals surface area contributed by atoms with Gasteiger partial charge in [-0.1, -0.05) is 30.3 Å². The molecule has 30 heavy (non-hydrogen) atoms. The number of nitrogens with zero attached hydrogens (tertiary/aromatic N) is 2. The third kappa shape index (κ3) is 3.79. The molecule has 1 aromatic heterocycles. The predicted octanol–water partition coefficient (Wildman–Crippen LogP) is 3.16. The molecule has 1 atom stereocenters. The number of fused-ring (bicyclic) bond motifs is 2. The van der Waals surface area contributed by atoms with Crippen molar-refractivity contribution in [2.45, 2.75) is 24.0 Å². The maximum atomic E-state index is 12.6. The molecule has 2 aromatic carbocycles. The zero-order valence-corrected chi connectivity index (χ0v) is 17.8. The molecule has 2 aliphatic heterocycles. The first kappa shape index (κ1) is 19.4. The highest BCUT2D eigenvalue weighted by atomic mass is 32.2. The summed E-state index contributed by atoms with van der Waals surface area (Å²) in [5, 5.41) is 9.71. The topological polar surface area (TPSA) is 90.3 Å². The molecule has 5 rings (SSSR count). The molecule has 1 saturated heterocycles. The van der Waals surface area contributed by atoms with Crippen LogP contribution in [-0.4, -0.2) is 42.2 Å². The van der Waals surface area contributed by atoms with Gasteiger partial charge in [0, 0.05) is 17.1 Å². The van der Waals surface area contributed by atoms with Gasteiger partial charge in [-0.05, 0) is 29.3 Å². The van der Waals surface area contributed by atoms with Crippen molar-refractivity contribution in [3.63, 3.8) is 0 Å². The fraction of sp³-hybridized carbons (Fsp3) is 0.333. The molecule has 9 heteroatoms. The monoisotopic (exact) mass is 443 g/mol. The molecule has 2 aliphatic rings. The van der Waals surface area contributed by atoms with E-state index >= 15 is 0 Å². The number of carbonyl (C=O) groups excluding carboxylic acids is 1. The molecule has 0 aliphatic carbocycles. The van der Waals surface area contributed by atoms with Gasteiger partial charge >= 0.3 is 0 Å². The number of ether oxygens (including phenoxy) is 1. The van der Waals surface area contributed by atoms with E-state index in [1.54, 1.807) is 16.4 Å². The standard InChI is InChI=1S/C21H21N3O4S2/c25-20(10-28-17-6-5-14-3-1-2-4-15(14)9-17)22-21-18-11-29-12-19(18)23-24(21)16-7-8-30(26,27)13-16/h1-6,9,16H,7-8,10-13H2,(H,22,25). The van der Waals surface area contributed by atoms with Gasteiger partial charge in [0.2, 0.25) is 0 Å². The van der Waals surface area contributed by atoms with Gasteiger partial charge in [-0.2, -0.15) is 16.9 Å². The Labute approximate surface area is 178 Å². The normalized spacial score (nSPS) is 19.7. The Morgan fingerprint density at radius 1 is 1.20 bits per heavy atom. The van der Waals surface area contributed by atoms with E-state index in [1.807, 2.05) is 42.5 Å². The molecular formula is C21H21N3O4S2. The van der Waals surface area contributed by atoms with E-state index in [-0.39, 0.29) is 30.1 Å². The van der Waals surface area contributed by atoms with Gasteiger partial charge in [0.25, 0.3) is 5.91 Å². The zero-order chi connectivity index (χ0) is 20.7. The van der Waals surface area contributed by atoms with Gasteiger partial charge in [-0.25, -0.2) is 13.1 Å². The van der Waals surface area contributed by atoms with Crippen LogP contribution in [0.1, 0.15) is 23.7 Å². The number of hydrogen-bond donors (Lipinski definition) is 1. The smallest absolute Gasteiger partial charge is 0.263 e. The fourth-order valence-electron chi connectivity index (χ4n) is 3.97. The number of anilines is 1. The molecule has 7 nitrogen and oxygen atoms in total. The van der Waals surface area contributed by atoms with Gasteiger partial charge in [0.05, 0.1) is 23.2 Å². The number of rotatable bonds is 5. The Kier molecular flexibility index (Phi) is 4.94. The van der Waals surface area contributed by atoms with Crippen molar-refractivity contribution in [3.8, 4) is 5.75 Å². The number of carbonyl (C=O) groups is 1. The third-order valence-corrected chi connectivity index (χ3v) is 8.20. The molecule has 3 heterocycles. The molecule has 0 bridgehead atoms. The highest BCUT2D eigenvalue weighted by Crippen LogP contribution is 2.38. The lowest BCUT2D eigenvalue weighted by atomic mass is 10.1. The molecule has 1 fully saturated rings. The summed E-state index contributed by atoms with van der Waals surface area (Å²) < 4.78 is 31.3. The molecule has 1 N–H and O–H groups in total. The molecule has 1 amide bonds. The Hall–Kier alpha value is -2.52. The van der Waals surface area contributed by atoms with Crippen LogP contribution >= 0.6 is 11.8 Å². The van der Waals surface area contributed by atoms with Gasteiger partial charge in [0.15, 0.2) is 16.4 Å². The van der Waals surface area contributed by atoms with Crippen LogP contribution in [0.4, 0.5) is 5.82 Å². The Balaban J connectivity index is 1.32. The van der Waals surface area contributed by atoms with Crippen molar-refractivity contribution >= 4 is 44.1 Å². The van der Waals surface area contributed by atoms with Crippen LogP contribution in [0, 0.1) is 0 Å². The summed E-state index contributed by atoms with van der Waals surface area (Å²) in [4.78, 5) is 12.6. The third-order valence-electron chi connectivity index (χ3n) is 5.48. The fourth-order valence-corrected chi connectivity index (χ4v) is 6.70. The van der Waals surface area contributed by atoms with E-state index < -0.39 is 9.84 Å². The SMILES string of the molecule is O=C(COc1ccc2ccccc2c1)Nc1c2c(nn1C1CCS(=O)(=O)C1)CSC2. The van der Waals surface area contributed by atoms with Crippen LogP contribution < -0.4 is 10.1 Å². The zero-order valence-electron chi connectivity index (χ0n) is 16.2. The molecular weight excluding hydrogens is 422 g/mol. The van der Waals surface area contributed by atoms with Crippen LogP contribution in [0.5, 0.6) is 5.75 Å². The molecule has 1 unspecified atom stereocenters. The average Bonchev–Trinajstić information content (AvgIpc) is 3.42. The summed E-state index contributed by atoms with van der Waals surface area (Å²) in [7, 11) is -3.05. The predicted molar refractivity (Wildman–Crippen MR) is 118 cm³/mol. The second kappa shape index (κ2) is 7.63. The van der Waals surface area contributed by atoms with E-state index in [1.165, 1.54) is 0 Å². The minimum atomic E-state index is -3.05. The van der Waals surface area contributed by atoms with Crippen molar-refractivity contribution in [1.82, 2.24) is 9.78 Å². The van der Waals surface area contributed by atoms with Crippen LogP contribution in [0.15, 0.2) is 42.5 Å². The second-order valence-electron chi connectivity index (χ2n) is 7.61. The van der Waals surface area contributed by atoms with Crippen molar-refractivity contribution < 1.29 is 17.9 Å². The highest BCUT2D eigenvalue weighted by molar-refractivity contribution is 7.98. The Bertz CT molecular complexity index is 1240. The number of thioether (sulfide) groups is 1. The van der Waals surface area contributed by atoms with Crippen molar-refractivity contribution in [2.75, 3.05) is 23.4 Å². The number of benzene rings is 2. The summed E-state index contributed by atoms with van der Waals surface area (Å²) in [5.74, 6) is 2.72. The van der Waals surface area contributed by atoms with Crippen LogP contribution in [0.2, 0.25) is 0 Å². The summed E-state index contributed by atoms with van der Waals surface area (Å²) in [6, 6.07) is 13.4. The number of amides is 1. The van der Waals surface area contributed by atoms with Gasteiger partial charge in [-0.3, -0.25) is 4.79 Å². The first-order chi connectivity index (χ1) is 14.5. The number of aromatic nitrogens is 2. The largest absolute Gasteiger partial charge is 0.484 e. The van der Waals surface area contributed by atoms with Crippen LogP contribution in [0.3, 0.4) is 0 Å². The Morgan fingerprint density at radius 2 is 2.03 bits per heavy atom. The average molecular weight is 444 g/mol. The summed E-state index contributed by atoms with van der Waals surface area (Å²) in [6.07, 6.45) is 0.520. The highest BCUT2D eigenvalue weighted by Gasteiger charge is 2.34. The minimum absolute atomic E-state index is 0.0666. The van der Waals surface area contributed by atoms with Crippen molar-refractivity contribution in [2.24, 2.45) is 0 Å². The van der Waals surface area contributed by atoms with E-state index in [4.69, 9.17) is 4.74 Å². The van der Waals surface area contributed by atoms with Crippen molar-refractivity contribution in [3.05, 3.63) is 53.7 Å². The van der Waals surface area contributed by atoms with Gasteiger partial charge < -0.3 is 10.1 Å². The summed E-state index contributed by atoms with van der Waals surface area (Å²) in [5.41, 5.74) is 1.92. The molecule has 0 spiro atoms. The van der Waals surface area contributed by atoms with Crippen LogP contribution in [0.25, 0.3) is 10.8 Å². The number of nitrogens with one attached hydrogen (secondary N) is 1. The molecule has 0 radical (unpaired) electrons. The first-order valence-corrected chi connectivity index (χ1v) is 12.8. The van der Waals surface area contributed by atoms with Crippen molar-refractivity contribution in [1.29, 1.82) is 0 Å². The second-order valence-corrected chi connectivity index (χ2v) is 10.8. The lowest BCUT2D eigenvalue weighted by Crippen LogP contribution is -2.24. The first-order valence-electron chi connectivity index (χ1n) is 9.78. The van der Waals surface area contributed by atoms with Gasteiger partial charge in [0.1, 0.15) is 11.6 Å². The maximum absolute atomic E-state index is 12.6. The maximum Gasteiger partial charge on any atom is 0.263 e. The summed E-state index contributed by atoms with van der Waals surface area (Å²) in [6.45, 7) is -0.131. The van der Waals surface area contributed by atoms with E-state index in [9.17, 15) is 13.2 Å². The van der Waals surface area contributed by atoms with E-state index in [2.05, 4.69) is 10.4 Å². The quantitative estimate of drug-likeness (QED) is 0.652. The molecule has 156 valence electrons. The van der Waals surface area contributed by atoms with Gasteiger partial charge in [-0.15, -0.1) is 0 Å². The Morgan fingerprint density at radius 3 is 2.83 bits per heavy atom.